The molecule has 1 aliphatic carbocycles. The average molecular weight is 224 g/mol. The van der Waals surface area contributed by atoms with Gasteiger partial charge >= 0.3 is 5.97 Å². The minimum Gasteiger partial charge on any atom is -0.478 e. The molecule has 0 aliphatic heterocycles. The van der Waals surface area contributed by atoms with E-state index in [0.29, 0.717) is 4.90 Å². The van der Waals surface area contributed by atoms with Crippen LogP contribution >= 0.6 is 0 Å². The van der Waals surface area contributed by atoms with Crippen molar-refractivity contribution in [1.82, 2.24) is 0 Å². The van der Waals surface area contributed by atoms with Crippen molar-refractivity contribution < 1.29 is 14.1 Å². The molecule has 1 unspecified atom stereocenters. The van der Waals surface area contributed by atoms with Gasteiger partial charge in [0, 0.05) is 10.1 Å². The fourth-order valence-electron chi connectivity index (χ4n) is 1.53. The monoisotopic (exact) mass is 224 g/mol. The SMILES string of the molecule is O=C(O)c1cccc(S(=O)C2CCC2)c1. The molecule has 1 N–H and O–H groups in total. The third-order valence-electron chi connectivity index (χ3n) is 2.67. The van der Waals surface area contributed by atoms with E-state index < -0.39 is 16.8 Å². The van der Waals surface area contributed by atoms with E-state index in [1.54, 1.807) is 12.1 Å². The standard InChI is InChI=1S/C11H12O3S/c12-11(13)8-3-1-6-10(7-8)15(14)9-4-2-5-9/h1,3,6-7,9H,2,4-5H2,(H,12,13). The quantitative estimate of drug-likeness (QED) is 0.854. The molecule has 1 aromatic carbocycles. The van der Waals surface area contributed by atoms with Crippen molar-refractivity contribution in [2.45, 2.75) is 29.4 Å². The van der Waals surface area contributed by atoms with E-state index in [2.05, 4.69) is 0 Å². The molecule has 0 radical (unpaired) electrons. The Hall–Kier alpha value is -1.16. The maximum Gasteiger partial charge on any atom is 0.335 e. The lowest BCUT2D eigenvalue weighted by Crippen LogP contribution is -2.23. The zero-order chi connectivity index (χ0) is 10.8. The fraction of sp³-hybridized carbons (Fsp3) is 0.364. The van der Waals surface area contributed by atoms with Crippen molar-refractivity contribution >= 4 is 16.8 Å². The molecule has 0 spiro atoms. The molecule has 3 nitrogen and oxygen atoms in total. The molecule has 0 bridgehead atoms. The summed E-state index contributed by atoms with van der Waals surface area (Å²) in [6.45, 7) is 0. The largest absolute Gasteiger partial charge is 0.478 e. The minimum absolute atomic E-state index is 0.208. The van der Waals surface area contributed by atoms with Crippen molar-refractivity contribution in [3.8, 4) is 0 Å². The van der Waals surface area contributed by atoms with Gasteiger partial charge < -0.3 is 5.11 Å². The Morgan fingerprint density at radius 2 is 2.13 bits per heavy atom. The number of hydrogen-bond donors (Lipinski definition) is 1. The number of carbonyl (C=O) groups is 1. The van der Waals surface area contributed by atoms with Gasteiger partial charge in [0.15, 0.2) is 0 Å². The summed E-state index contributed by atoms with van der Waals surface area (Å²) in [5, 5.41) is 9.03. The lowest BCUT2D eigenvalue weighted by Gasteiger charge is -2.24. The van der Waals surface area contributed by atoms with Gasteiger partial charge in [-0.2, -0.15) is 0 Å². The van der Waals surface area contributed by atoms with Gasteiger partial charge in [0.2, 0.25) is 0 Å². The van der Waals surface area contributed by atoms with Gasteiger partial charge in [-0.15, -0.1) is 0 Å². The normalized spacial score (nSPS) is 18.1. The second kappa shape index (κ2) is 4.14. The van der Waals surface area contributed by atoms with Gasteiger partial charge in [0.25, 0.3) is 0 Å². The number of benzene rings is 1. The van der Waals surface area contributed by atoms with Crippen molar-refractivity contribution in [2.24, 2.45) is 0 Å². The molecule has 1 atom stereocenters. The molecule has 1 aliphatic rings. The van der Waals surface area contributed by atoms with E-state index in [1.807, 2.05) is 0 Å². The molecule has 1 saturated carbocycles. The zero-order valence-corrected chi connectivity index (χ0v) is 9.00. The van der Waals surface area contributed by atoms with Crippen LogP contribution in [0.3, 0.4) is 0 Å². The van der Waals surface area contributed by atoms with Crippen LogP contribution in [0.25, 0.3) is 0 Å². The van der Waals surface area contributed by atoms with Gasteiger partial charge in [-0.3, -0.25) is 4.21 Å². The highest BCUT2D eigenvalue weighted by molar-refractivity contribution is 7.85. The van der Waals surface area contributed by atoms with E-state index in [-0.39, 0.29) is 10.8 Å². The number of hydrogen-bond acceptors (Lipinski definition) is 2. The van der Waals surface area contributed by atoms with Crippen LogP contribution < -0.4 is 0 Å². The van der Waals surface area contributed by atoms with Gasteiger partial charge in [0.05, 0.1) is 16.4 Å². The van der Waals surface area contributed by atoms with Crippen LogP contribution in [0.1, 0.15) is 29.6 Å². The Bertz CT molecular complexity index is 410. The topological polar surface area (TPSA) is 54.4 Å². The summed E-state index contributed by atoms with van der Waals surface area (Å²) in [6.07, 6.45) is 3.11. The summed E-state index contributed by atoms with van der Waals surface area (Å²) in [5.74, 6) is -0.970. The third-order valence-corrected chi connectivity index (χ3v) is 4.46. The summed E-state index contributed by atoms with van der Waals surface area (Å²) < 4.78 is 11.9. The van der Waals surface area contributed by atoms with Crippen LogP contribution in [0.5, 0.6) is 0 Å². The van der Waals surface area contributed by atoms with Gasteiger partial charge in [-0.05, 0) is 31.0 Å². The van der Waals surface area contributed by atoms with E-state index in [1.165, 1.54) is 12.1 Å². The highest BCUT2D eigenvalue weighted by Gasteiger charge is 2.25. The molecule has 0 aromatic heterocycles. The zero-order valence-electron chi connectivity index (χ0n) is 8.18. The Kier molecular flexibility index (Phi) is 2.86. The molecular weight excluding hydrogens is 212 g/mol. The smallest absolute Gasteiger partial charge is 0.335 e. The predicted octanol–water partition coefficient (Wildman–Crippen LogP) is 2.04. The first kappa shape index (κ1) is 10.4. The van der Waals surface area contributed by atoms with E-state index in [9.17, 15) is 9.00 Å². The molecule has 4 heteroatoms. The molecule has 1 aromatic rings. The van der Waals surface area contributed by atoms with E-state index >= 15 is 0 Å². The van der Waals surface area contributed by atoms with E-state index in [4.69, 9.17) is 5.11 Å². The number of carboxylic acid groups (broad SMARTS) is 1. The first-order valence-corrected chi connectivity index (χ1v) is 6.14. The molecule has 15 heavy (non-hydrogen) atoms. The van der Waals surface area contributed by atoms with Crippen molar-refractivity contribution in [2.75, 3.05) is 0 Å². The molecule has 0 saturated heterocycles. The summed E-state index contributed by atoms with van der Waals surface area (Å²) in [4.78, 5) is 11.4. The predicted molar refractivity (Wildman–Crippen MR) is 57.4 cm³/mol. The highest BCUT2D eigenvalue weighted by atomic mass is 32.2. The molecular formula is C11H12O3S. The number of rotatable bonds is 3. The number of aromatic carboxylic acids is 1. The molecule has 80 valence electrons. The van der Waals surface area contributed by atoms with Crippen LogP contribution in [0.4, 0.5) is 0 Å². The lowest BCUT2D eigenvalue weighted by atomic mass is 10.00. The van der Waals surface area contributed by atoms with Gasteiger partial charge in [0.1, 0.15) is 0 Å². The average Bonchev–Trinajstić information content (AvgIpc) is 2.15. The summed E-state index contributed by atoms with van der Waals surface area (Å²) in [6, 6.07) is 6.41. The Balaban J connectivity index is 2.23. The van der Waals surface area contributed by atoms with E-state index in [0.717, 1.165) is 19.3 Å². The Labute approximate surface area is 90.6 Å². The second-order valence-corrected chi connectivity index (χ2v) is 5.42. The lowest BCUT2D eigenvalue weighted by molar-refractivity contribution is 0.0696. The second-order valence-electron chi connectivity index (χ2n) is 3.68. The highest BCUT2D eigenvalue weighted by Crippen LogP contribution is 2.28. The van der Waals surface area contributed by atoms with Crippen LogP contribution in [0.2, 0.25) is 0 Å². The molecule has 2 rings (SSSR count). The Morgan fingerprint density at radius 1 is 1.40 bits per heavy atom. The summed E-state index contributed by atoms with van der Waals surface area (Å²) in [7, 11) is -1.03. The maximum atomic E-state index is 11.9. The maximum absolute atomic E-state index is 11.9. The van der Waals surface area contributed by atoms with Crippen LogP contribution in [0, 0.1) is 0 Å². The third kappa shape index (κ3) is 2.09. The summed E-state index contributed by atoms with van der Waals surface area (Å²) in [5.41, 5.74) is 0.208. The Morgan fingerprint density at radius 3 is 2.67 bits per heavy atom. The van der Waals surface area contributed by atoms with Crippen LogP contribution in [0.15, 0.2) is 29.2 Å². The van der Waals surface area contributed by atoms with Gasteiger partial charge in [-0.1, -0.05) is 12.5 Å². The van der Waals surface area contributed by atoms with Crippen molar-refractivity contribution in [1.29, 1.82) is 0 Å². The first-order valence-electron chi connectivity index (χ1n) is 4.92. The minimum atomic E-state index is -1.03. The van der Waals surface area contributed by atoms with Crippen molar-refractivity contribution in [3.63, 3.8) is 0 Å². The van der Waals surface area contributed by atoms with Gasteiger partial charge in [-0.25, -0.2) is 4.79 Å². The molecule has 1 fully saturated rings. The molecule has 0 heterocycles. The first-order chi connectivity index (χ1) is 7.18. The molecule has 0 amide bonds. The summed E-state index contributed by atoms with van der Waals surface area (Å²) >= 11 is 0. The van der Waals surface area contributed by atoms with Crippen LogP contribution in [-0.2, 0) is 10.8 Å². The van der Waals surface area contributed by atoms with Crippen LogP contribution in [-0.4, -0.2) is 20.5 Å². The van der Waals surface area contributed by atoms with Crippen molar-refractivity contribution in [3.05, 3.63) is 29.8 Å². The number of carboxylic acids is 1. The fourth-order valence-corrected chi connectivity index (χ4v) is 3.13.